The van der Waals surface area contributed by atoms with Gasteiger partial charge in [-0.3, -0.25) is 9.30 Å². The van der Waals surface area contributed by atoms with Crippen molar-refractivity contribution in [3.63, 3.8) is 0 Å². The van der Waals surface area contributed by atoms with E-state index in [0.717, 1.165) is 31.1 Å². The minimum atomic E-state index is 0.441. The molecule has 1 aliphatic heterocycles. The molecule has 1 saturated heterocycles. The lowest BCUT2D eigenvalue weighted by Crippen LogP contribution is -2.34. The Kier molecular flexibility index (Phi) is 3.52. The third-order valence-electron chi connectivity index (χ3n) is 5.29. The molecule has 1 fully saturated rings. The molecule has 5 nitrogen and oxygen atoms in total. The van der Waals surface area contributed by atoms with Crippen molar-refractivity contribution < 1.29 is 0 Å². The predicted octanol–water partition coefficient (Wildman–Crippen LogP) is 3.59. The number of hydrogen-bond acceptors (Lipinski definition) is 3. The van der Waals surface area contributed by atoms with Crippen LogP contribution in [0.25, 0.3) is 16.6 Å². The highest BCUT2D eigenvalue weighted by Crippen LogP contribution is 2.28. The van der Waals surface area contributed by atoms with E-state index in [2.05, 4.69) is 54.9 Å². The van der Waals surface area contributed by atoms with Gasteiger partial charge in [-0.25, -0.2) is 0 Å². The zero-order valence-electron chi connectivity index (χ0n) is 14.1. The van der Waals surface area contributed by atoms with Crippen molar-refractivity contribution in [3.05, 3.63) is 66.2 Å². The first-order valence-corrected chi connectivity index (χ1v) is 8.95. The minimum Gasteiger partial charge on any atom is -0.361 e. The standard InChI is InChI=1S/C20H21N5/c1-2-12-25-19(8-1)22-23-20(25)16-6-4-11-24(14-16)13-15-5-3-7-18-17(15)9-10-21-18/h1-3,5,7-10,12,16,21H,4,6,11,13-14H2/t16-/m1/s1. The molecule has 5 rings (SSSR count). The summed E-state index contributed by atoms with van der Waals surface area (Å²) in [5.74, 6) is 1.54. The quantitative estimate of drug-likeness (QED) is 0.624. The molecule has 25 heavy (non-hydrogen) atoms. The summed E-state index contributed by atoms with van der Waals surface area (Å²) in [6.45, 7) is 3.17. The number of pyridine rings is 1. The Balaban J connectivity index is 1.40. The summed E-state index contributed by atoms with van der Waals surface area (Å²) in [4.78, 5) is 5.86. The number of H-pyrrole nitrogens is 1. The predicted molar refractivity (Wildman–Crippen MR) is 98.5 cm³/mol. The fraction of sp³-hybridized carbons (Fsp3) is 0.300. The maximum Gasteiger partial charge on any atom is 0.160 e. The number of aromatic nitrogens is 4. The molecule has 4 aromatic rings. The topological polar surface area (TPSA) is 49.2 Å². The monoisotopic (exact) mass is 331 g/mol. The third kappa shape index (κ3) is 2.61. The van der Waals surface area contributed by atoms with Gasteiger partial charge in [-0.05, 0) is 49.2 Å². The fourth-order valence-electron chi connectivity index (χ4n) is 4.08. The zero-order valence-corrected chi connectivity index (χ0v) is 14.1. The maximum atomic E-state index is 4.48. The van der Waals surface area contributed by atoms with Crippen LogP contribution in [0.1, 0.15) is 30.1 Å². The number of fused-ring (bicyclic) bond motifs is 2. The van der Waals surface area contributed by atoms with Crippen LogP contribution >= 0.6 is 0 Å². The minimum absolute atomic E-state index is 0.441. The molecule has 1 aliphatic rings. The van der Waals surface area contributed by atoms with Gasteiger partial charge in [0.15, 0.2) is 5.65 Å². The molecule has 0 bridgehead atoms. The molecule has 1 N–H and O–H groups in total. The van der Waals surface area contributed by atoms with Crippen molar-refractivity contribution in [1.29, 1.82) is 0 Å². The van der Waals surface area contributed by atoms with Crippen LogP contribution in [0.2, 0.25) is 0 Å². The van der Waals surface area contributed by atoms with Crippen molar-refractivity contribution >= 4 is 16.6 Å². The normalized spacial score (nSPS) is 19.0. The molecule has 5 heteroatoms. The highest BCUT2D eigenvalue weighted by atomic mass is 15.3. The lowest BCUT2D eigenvalue weighted by molar-refractivity contribution is 0.196. The van der Waals surface area contributed by atoms with E-state index >= 15 is 0 Å². The van der Waals surface area contributed by atoms with E-state index < -0.39 is 0 Å². The second-order valence-electron chi connectivity index (χ2n) is 6.92. The van der Waals surface area contributed by atoms with Crippen LogP contribution in [-0.4, -0.2) is 37.6 Å². The molecular formula is C20H21N5. The van der Waals surface area contributed by atoms with Gasteiger partial charge in [0.1, 0.15) is 5.82 Å². The molecule has 0 unspecified atom stereocenters. The molecule has 0 saturated carbocycles. The number of likely N-dealkylation sites (tertiary alicyclic amines) is 1. The molecule has 0 amide bonds. The molecule has 0 radical (unpaired) electrons. The number of rotatable bonds is 3. The Hall–Kier alpha value is -2.66. The SMILES string of the molecule is c1cc(CN2CCC[C@@H](c3nnc4ccccn34)C2)c2cc[nH]c2c1. The number of hydrogen-bond donors (Lipinski definition) is 1. The third-order valence-corrected chi connectivity index (χ3v) is 5.29. The lowest BCUT2D eigenvalue weighted by Gasteiger charge is -2.32. The number of nitrogens with zero attached hydrogens (tertiary/aromatic N) is 4. The van der Waals surface area contributed by atoms with Crippen molar-refractivity contribution in [2.24, 2.45) is 0 Å². The van der Waals surface area contributed by atoms with E-state index in [4.69, 9.17) is 0 Å². The first-order chi connectivity index (χ1) is 12.4. The van der Waals surface area contributed by atoms with E-state index in [1.165, 1.54) is 29.3 Å². The van der Waals surface area contributed by atoms with E-state index in [0.29, 0.717) is 5.92 Å². The summed E-state index contributed by atoms with van der Waals surface area (Å²) in [6.07, 6.45) is 6.48. The van der Waals surface area contributed by atoms with E-state index in [1.807, 2.05) is 24.4 Å². The Morgan fingerprint density at radius 2 is 2.08 bits per heavy atom. The second kappa shape index (κ2) is 6.01. The van der Waals surface area contributed by atoms with Crippen molar-refractivity contribution in [3.8, 4) is 0 Å². The number of piperidine rings is 1. The number of aromatic amines is 1. The van der Waals surface area contributed by atoms with E-state index in [9.17, 15) is 0 Å². The molecule has 0 aliphatic carbocycles. The van der Waals surface area contributed by atoms with Crippen LogP contribution in [0.15, 0.2) is 54.9 Å². The molecule has 4 heterocycles. The highest BCUT2D eigenvalue weighted by Gasteiger charge is 2.25. The van der Waals surface area contributed by atoms with Gasteiger partial charge >= 0.3 is 0 Å². The Bertz CT molecular complexity index is 1010. The summed E-state index contributed by atoms with van der Waals surface area (Å²) in [5.41, 5.74) is 3.55. The molecule has 0 spiro atoms. The number of benzene rings is 1. The maximum absolute atomic E-state index is 4.48. The van der Waals surface area contributed by atoms with Crippen LogP contribution < -0.4 is 0 Å². The van der Waals surface area contributed by atoms with Gasteiger partial charge in [0.25, 0.3) is 0 Å². The Morgan fingerprint density at radius 3 is 3.08 bits per heavy atom. The second-order valence-corrected chi connectivity index (χ2v) is 6.92. The van der Waals surface area contributed by atoms with Gasteiger partial charge in [-0.1, -0.05) is 18.2 Å². The average Bonchev–Trinajstić information content (AvgIpc) is 3.29. The van der Waals surface area contributed by atoms with E-state index in [-0.39, 0.29) is 0 Å². The summed E-state index contributed by atoms with van der Waals surface area (Å²) in [6, 6.07) is 14.8. The molecule has 1 atom stereocenters. The van der Waals surface area contributed by atoms with Crippen LogP contribution in [-0.2, 0) is 6.54 Å². The molecule has 3 aromatic heterocycles. The van der Waals surface area contributed by atoms with Gasteiger partial charge in [0.2, 0.25) is 0 Å². The highest BCUT2D eigenvalue weighted by molar-refractivity contribution is 5.82. The average molecular weight is 331 g/mol. The Labute approximate surface area is 146 Å². The molecule has 1 aromatic carbocycles. The van der Waals surface area contributed by atoms with Crippen molar-refractivity contribution in [1.82, 2.24) is 24.5 Å². The van der Waals surface area contributed by atoms with Gasteiger partial charge in [-0.15, -0.1) is 10.2 Å². The summed E-state index contributed by atoms with van der Waals surface area (Å²) < 4.78 is 2.14. The largest absolute Gasteiger partial charge is 0.361 e. The number of nitrogens with one attached hydrogen (secondary N) is 1. The van der Waals surface area contributed by atoms with Crippen LogP contribution in [0.4, 0.5) is 0 Å². The van der Waals surface area contributed by atoms with Gasteiger partial charge in [-0.2, -0.15) is 0 Å². The van der Waals surface area contributed by atoms with E-state index in [1.54, 1.807) is 0 Å². The van der Waals surface area contributed by atoms with Crippen LogP contribution in [0.5, 0.6) is 0 Å². The first kappa shape index (κ1) is 14.7. The summed E-state index contributed by atoms with van der Waals surface area (Å²) in [7, 11) is 0. The van der Waals surface area contributed by atoms with Gasteiger partial charge < -0.3 is 4.98 Å². The fourth-order valence-corrected chi connectivity index (χ4v) is 4.08. The molecular weight excluding hydrogens is 310 g/mol. The summed E-state index contributed by atoms with van der Waals surface area (Å²) in [5, 5.41) is 10.1. The van der Waals surface area contributed by atoms with Gasteiger partial charge in [0, 0.05) is 42.3 Å². The van der Waals surface area contributed by atoms with Crippen LogP contribution in [0, 0.1) is 0 Å². The smallest absolute Gasteiger partial charge is 0.160 e. The lowest BCUT2D eigenvalue weighted by atomic mass is 9.96. The van der Waals surface area contributed by atoms with Crippen molar-refractivity contribution in [2.75, 3.05) is 13.1 Å². The Morgan fingerprint density at radius 1 is 1.08 bits per heavy atom. The summed E-state index contributed by atoms with van der Waals surface area (Å²) >= 11 is 0. The molecule has 126 valence electrons. The van der Waals surface area contributed by atoms with Gasteiger partial charge in [0.05, 0.1) is 0 Å². The van der Waals surface area contributed by atoms with Crippen LogP contribution in [0.3, 0.4) is 0 Å². The van der Waals surface area contributed by atoms with Crippen molar-refractivity contribution in [2.45, 2.75) is 25.3 Å². The first-order valence-electron chi connectivity index (χ1n) is 8.95. The zero-order chi connectivity index (χ0) is 16.6.